The van der Waals surface area contributed by atoms with Crippen LogP contribution in [0.3, 0.4) is 0 Å². The minimum Gasteiger partial charge on any atom is -0.462 e. The van der Waals surface area contributed by atoms with E-state index in [2.05, 4.69) is 31.4 Å². The van der Waals surface area contributed by atoms with Crippen LogP contribution in [-0.4, -0.2) is 52.3 Å². The molecule has 0 aliphatic heterocycles. The first kappa shape index (κ1) is 44.0. The van der Waals surface area contributed by atoms with Crippen LogP contribution in [0, 0.1) is 5.92 Å². The SMILES string of the molecule is CCCCC/C=C\C=C/[C@H](O)C/C=C\C/C=C/CCCC(=O)O[C@H](COC(=O)CCCCCCCCCC(C)C)COP(=O)(O)O. The largest absolute Gasteiger partial charge is 0.469 e. The summed E-state index contributed by atoms with van der Waals surface area (Å²) < 4.78 is 26.1. The Morgan fingerprint density at radius 2 is 1.39 bits per heavy atom. The number of hydrogen-bond donors (Lipinski definition) is 3. The first-order valence-electron chi connectivity index (χ1n) is 17.4. The average Bonchev–Trinajstić information content (AvgIpc) is 2.99. The highest BCUT2D eigenvalue weighted by Gasteiger charge is 2.22. The number of rotatable bonds is 30. The zero-order valence-corrected chi connectivity index (χ0v) is 29.6. The number of carbonyl (C=O) groups excluding carboxylic acids is 2. The van der Waals surface area contributed by atoms with E-state index >= 15 is 0 Å². The van der Waals surface area contributed by atoms with Gasteiger partial charge < -0.3 is 24.4 Å². The standard InChI is InChI=1S/C36H63O9P/c1-4-5-6-7-10-16-21-26-33(37)27-22-17-12-9-14-19-24-29-36(39)45-34(31-44-46(40,41)42)30-43-35(38)28-23-18-13-8-11-15-20-25-32(2)3/h9-10,14,16-17,21-22,26,32-34,37H,4-8,11-13,15,18-20,23-25,27-31H2,1-3H3,(H2,40,41,42)/b14-9+,16-10-,22-17-,26-21-/t33-,34+/m0/s1. The van der Waals surface area contributed by atoms with E-state index in [1.54, 1.807) is 6.08 Å². The lowest BCUT2D eigenvalue weighted by molar-refractivity contribution is -0.161. The Bertz CT molecular complexity index is 920. The Hall–Kier alpha value is -2.03. The van der Waals surface area contributed by atoms with E-state index in [0.29, 0.717) is 32.1 Å². The molecule has 0 bridgehead atoms. The Labute approximate surface area is 278 Å². The Kier molecular flexibility index (Phi) is 29.0. The highest BCUT2D eigenvalue weighted by Crippen LogP contribution is 2.35. The number of phosphoric acid groups is 1. The number of aliphatic hydroxyl groups is 1. The Balaban J connectivity index is 4.21. The van der Waals surface area contributed by atoms with E-state index in [9.17, 15) is 19.3 Å². The Morgan fingerprint density at radius 1 is 0.739 bits per heavy atom. The van der Waals surface area contributed by atoms with E-state index in [0.717, 1.165) is 31.6 Å². The van der Waals surface area contributed by atoms with Gasteiger partial charge in [0.05, 0.1) is 12.7 Å². The van der Waals surface area contributed by atoms with E-state index in [4.69, 9.17) is 19.3 Å². The number of aliphatic hydroxyl groups excluding tert-OH is 1. The number of hydrogen-bond acceptors (Lipinski definition) is 7. The molecule has 9 nitrogen and oxygen atoms in total. The summed E-state index contributed by atoms with van der Waals surface area (Å²) in [7, 11) is -4.78. The molecule has 2 atom stereocenters. The van der Waals surface area contributed by atoms with Crippen LogP contribution in [0.25, 0.3) is 0 Å². The van der Waals surface area contributed by atoms with Crippen LogP contribution in [-0.2, 0) is 28.2 Å². The summed E-state index contributed by atoms with van der Waals surface area (Å²) in [6, 6.07) is 0. The van der Waals surface area contributed by atoms with Gasteiger partial charge in [-0.3, -0.25) is 14.1 Å². The molecule has 0 saturated carbocycles. The molecular weight excluding hydrogens is 607 g/mol. The van der Waals surface area contributed by atoms with Crippen LogP contribution in [0.4, 0.5) is 0 Å². The highest BCUT2D eigenvalue weighted by atomic mass is 31.2. The van der Waals surface area contributed by atoms with Crippen molar-refractivity contribution in [2.24, 2.45) is 5.92 Å². The van der Waals surface area contributed by atoms with Gasteiger partial charge in [0, 0.05) is 12.8 Å². The molecule has 0 fully saturated rings. The van der Waals surface area contributed by atoms with Crippen molar-refractivity contribution in [3.05, 3.63) is 48.6 Å². The third-order valence-corrected chi connectivity index (χ3v) is 7.59. The number of unbranched alkanes of at least 4 members (excludes halogenated alkanes) is 10. The molecule has 0 unspecified atom stereocenters. The fraction of sp³-hybridized carbons (Fsp3) is 0.722. The molecule has 266 valence electrons. The maximum atomic E-state index is 12.3. The van der Waals surface area contributed by atoms with Gasteiger partial charge in [-0.1, -0.05) is 127 Å². The lowest BCUT2D eigenvalue weighted by Gasteiger charge is -2.18. The molecule has 0 radical (unpaired) electrons. The van der Waals surface area contributed by atoms with Crippen LogP contribution >= 0.6 is 7.82 Å². The molecule has 0 aliphatic carbocycles. The zero-order valence-electron chi connectivity index (χ0n) is 28.7. The second-order valence-electron chi connectivity index (χ2n) is 12.2. The predicted octanol–water partition coefficient (Wildman–Crippen LogP) is 8.83. The third kappa shape index (κ3) is 33.3. The van der Waals surface area contributed by atoms with Crippen LogP contribution in [0.1, 0.15) is 136 Å². The van der Waals surface area contributed by atoms with E-state index in [-0.39, 0.29) is 19.4 Å². The van der Waals surface area contributed by atoms with Gasteiger partial charge in [0.1, 0.15) is 6.61 Å². The van der Waals surface area contributed by atoms with E-state index < -0.39 is 38.6 Å². The normalized spacial score (nSPS) is 13.9. The first-order chi connectivity index (χ1) is 22.0. The fourth-order valence-corrected chi connectivity index (χ4v) is 4.81. The fourth-order valence-electron chi connectivity index (χ4n) is 4.45. The summed E-state index contributed by atoms with van der Waals surface area (Å²) in [5.74, 6) is -0.253. The minimum atomic E-state index is -4.78. The van der Waals surface area contributed by atoms with Crippen molar-refractivity contribution in [3.63, 3.8) is 0 Å². The summed E-state index contributed by atoms with van der Waals surface area (Å²) in [5.41, 5.74) is 0. The predicted molar refractivity (Wildman–Crippen MR) is 185 cm³/mol. The summed E-state index contributed by atoms with van der Waals surface area (Å²) in [4.78, 5) is 42.5. The molecular formula is C36H63O9P. The summed E-state index contributed by atoms with van der Waals surface area (Å²) in [5, 5.41) is 10.00. The molecule has 0 rings (SSSR count). The molecule has 0 aliphatic rings. The minimum absolute atomic E-state index is 0.101. The Morgan fingerprint density at radius 3 is 2.09 bits per heavy atom. The molecule has 46 heavy (non-hydrogen) atoms. The van der Waals surface area contributed by atoms with Gasteiger partial charge in [0.2, 0.25) is 0 Å². The third-order valence-electron chi connectivity index (χ3n) is 7.11. The summed E-state index contributed by atoms with van der Waals surface area (Å²) >= 11 is 0. The van der Waals surface area contributed by atoms with Gasteiger partial charge >= 0.3 is 19.8 Å². The van der Waals surface area contributed by atoms with Crippen LogP contribution in [0.2, 0.25) is 0 Å². The van der Waals surface area contributed by atoms with Crippen molar-refractivity contribution in [3.8, 4) is 0 Å². The number of esters is 2. The first-order valence-corrected chi connectivity index (χ1v) is 18.9. The van der Waals surface area contributed by atoms with Gasteiger partial charge in [0.25, 0.3) is 0 Å². The highest BCUT2D eigenvalue weighted by molar-refractivity contribution is 7.46. The second-order valence-corrected chi connectivity index (χ2v) is 13.4. The summed E-state index contributed by atoms with van der Waals surface area (Å²) in [6.07, 6.45) is 30.3. The van der Waals surface area contributed by atoms with Crippen molar-refractivity contribution in [2.75, 3.05) is 13.2 Å². The average molecular weight is 671 g/mol. The molecule has 0 saturated heterocycles. The van der Waals surface area contributed by atoms with Gasteiger partial charge in [-0.15, -0.1) is 0 Å². The van der Waals surface area contributed by atoms with E-state index in [1.165, 1.54) is 44.9 Å². The molecule has 0 aromatic carbocycles. The van der Waals surface area contributed by atoms with Crippen molar-refractivity contribution in [1.29, 1.82) is 0 Å². The van der Waals surface area contributed by atoms with Crippen LogP contribution in [0.5, 0.6) is 0 Å². The number of allylic oxidation sites excluding steroid dienone is 6. The maximum absolute atomic E-state index is 12.3. The maximum Gasteiger partial charge on any atom is 0.469 e. The number of ether oxygens (including phenoxy) is 2. The molecule has 0 aromatic rings. The van der Waals surface area contributed by atoms with Gasteiger partial charge in [0.15, 0.2) is 6.10 Å². The van der Waals surface area contributed by atoms with Crippen LogP contribution in [0.15, 0.2) is 48.6 Å². The zero-order chi connectivity index (χ0) is 34.3. The quantitative estimate of drug-likeness (QED) is 0.0225. The molecule has 3 N–H and O–H groups in total. The lowest BCUT2D eigenvalue weighted by atomic mass is 10.0. The van der Waals surface area contributed by atoms with Crippen molar-refractivity contribution >= 4 is 19.8 Å². The second kappa shape index (κ2) is 30.3. The van der Waals surface area contributed by atoms with E-state index in [1.807, 2.05) is 36.5 Å². The topological polar surface area (TPSA) is 140 Å². The van der Waals surface area contributed by atoms with Gasteiger partial charge in [-0.05, 0) is 50.9 Å². The summed E-state index contributed by atoms with van der Waals surface area (Å²) in [6.45, 7) is 5.75. The molecule has 0 amide bonds. The molecule has 0 aromatic heterocycles. The number of phosphoric ester groups is 1. The van der Waals surface area contributed by atoms with Gasteiger partial charge in [-0.2, -0.15) is 0 Å². The molecule has 10 heteroatoms. The van der Waals surface area contributed by atoms with Crippen molar-refractivity contribution in [1.82, 2.24) is 0 Å². The number of carbonyl (C=O) groups is 2. The van der Waals surface area contributed by atoms with Crippen molar-refractivity contribution in [2.45, 2.75) is 149 Å². The molecule has 0 heterocycles. The monoisotopic (exact) mass is 670 g/mol. The van der Waals surface area contributed by atoms with Gasteiger partial charge in [-0.25, -0.2) is 4.57 Å². The van der Waals surface area contributed by atoms with Crippen LogP contribution < -0.4 is 0 Å². The smallest absolute Gasteiger partial charge is 0.462 e. The van der Waals surface area contributed by atoms with Crippen molar-refractivity contribution < 1.29 is 43.0 Å². The lowest BCUT2D eigenvalue weighted by Crippen LogP contribution is -2.29. The molecule has 0 spiro atoms.